The van der Waals surface area contributed by atoms with Crippen LogP contribution in [0.1, 0.15) is 6.42 Å². The highest BCUT2D eigenvalue weighted by molar-refractivity contribution is 5.79. The van der Waals surface area contributed by atoms with Crippen LogP contribution < -0.4 is 15.4 Å². The van der Waals surface area contributed by atoms with Crippen molar-refractivity contribution in [3.8, 4) is 16.9 Å². The van der Waals surface area contributed by atoms with Crippen LogP contribution in [0, 0.1) is 5.92 Å². The molecule has 0 aromatic heterocycles. The molecule has 0 bridgehead atoms. The number of nitrogens with one attached hydrogen (secondary N) is 2. The summed E-state index contributed by atoms with van der Waals surface area (Å²) in [5.41, 5.74) is 2.20. The van der Waals surface area contributed by atoms with E-state index in [4.69, 9.17) is 4.74 Å². The van der Waals surface area contributed by atoms with E-state index in [1.807, 2.05) is 42.5 Å². The number of ether oxygens (including phenoxy) is 1. The highest BCUT2D eigenvalue weighted by Gasteiger charge is 2.21. The number of carbonyl (C=O) groups is 1. The van der Waals surface area contributed by atoms with Crippen LogP contribution in [0.25, 0.3) is 11.1 Å². The summed E-state index contributed by atoms with van der Waals surface area (Å²) in [6.07, 6.45) is 0.920. The lowest BCUT2D eigenvalue weighted by molar-refractivity contribution is -0.124. The molecule has 0 saturated carbocycles. The summed E-state index contributed by atoms with van der Waals surface area (Å²) in [4.78, 5) is 11.9. The SMILES string of the molecule is O=C(NCCOc1ccccc1-c1ccccc1)C1CCNC1. The van der Waals surface area contributed by atoms with Crippen molar-refractivity contribution in [2.24, 2.45) is 5.92 Å². The number of para-hydroxylation sites is 1. The Labute approximate surface area is 136 Å². The zero-order valence-electron chi connectivity index (χ0n) is 13.1. The molecule has 1 aliphatic heterocycles. The molecule has 2 aromatic carbocycles. The van der Waals surface area contributed by atoms with Crippen LogP contribution in [0.3, 0.4) is 0 Å². The Morgan fingerprint density at radius 2 is 1.91 bits per heavy atom. The number of hydrogen-bond acceptors (Lipinski definition) is 3. The minimum atomic E-state index is 0.103. The van der Waals surface area contributed by atoms with E-state index in [0.29, 0.717) is 13.2 Å². The van der Waals surface area contributed by atoms with Gasteiger partial charge < -0.3 is 15.4 Å². The van der Waals surface area contributed by atoms with Crippen LogP contribution in [-0.4, -0.2) is 32.1 Å². The van der Waals surface area contributed by atoms with Gasteiger partial charge in [-0.05, 0) is 24.6 Å². The summed E-state index contributed by atoms with van der Waals surface area (Å²) in [6, 6.07) is 18.1. The van der Waals surface area contributed by atoms with Crippen LogP contribution >= 0.6 is 0 Å². The fraction of sp³-hybridized carbons (Fsp3) is 0.316. The third kappa shape index (κ3) is 4.11. The fourth-order valence-electron chi connectivity index (χ4n) is 2.81. The third-order valence-electron chi connectivity index (χ3n) is 4.06. The van der Waals surface area contributed by atoms with Gasteiger partial charge in [-0.2, -0.15) is 0 Å². The van der Waals surface area contributed by atoms with E-state index in [1.165, 1.54) is 0 Å². The molecule has 2 aromatic rings. The number of hydrogen-bond donors (Lipinski definition) is 2. The van der Waals surface area contributed by atoms with Gasteiger partial charge >= 0.3 is 0 Å². The van der Waals surface area contributed by atoms with Gasteiger partial charge in [0.1, 0.15) is 12.4 Å². The number of amides is 1. The molecule has 1 atom stereocenters. The van der Waals surface area contributed by atoms with E-state index in [0.717, 1.165) is 36.4 Å². The second-order valence-electron chi connectivity index (χ2n) is 5.69. The Morgan fingerprint density at radius 3 is 2.70 bits per heavy atom. The largest absolute Gasteiger partial charge is 0.491 e. The standard InChI is InChI=1S/C19H22N2O2/c22-19(16-10-11-20-14-16)21-12-13-23-18-9-5-4-8-17(18)15-6-2-1-3-7-15/h1-9,16,20H,10-14H2,(H,21,22). The summed E-state index contributed by atoms with van der Waals surface area (Å²) in [7, 11) is 0. The highest BCUT2D eigenvalue weighted by atomic mass is 16.5. The monoisotopic (exact) mass is 310 g/mol. The summed E-state index contributed by atoms with van der Waals surface area (Å²) in [5.74, 6) is 1.07. The van der Waals surface area contributed by atoms with Gasteiger partial charge in [-0.3, -0.25) is 4.79 Å². The Morgan fingerprint density at radius 1 is 1.13 bits per heavy atom. The fourth-order valence-corrected chi connectivity index (χ4v) is 2.81. The first-order chi connectivity index (χ1) is 11.3. The molecule has 1 unspecified atom stereocenters. The van der Waals surface area contributed by atoms with E-state index in [1.54, 1.807) is 0 Å². The summed E-state index contributed by atoms with van der Waals surface area (Å²) in [5, 5.41) is 6.15. The molecule has 1 fully saturated rings. The van der Waals surface area contributed by atoms with Crippen LogP contribution in [0.15, 0.2) is 54.6 Å². The molecule has 0 aliphatic carbocycles. The second-order valence-corrected chi connectivity index (χ2v) is 5.69. The molecule has 1 aliphatic rings. The van der Waals surface area contributed by atoms with Gasteiger partial charge in [-0.15, -0.1) is 0 Å². The number of benzene rings is 2. The van der Waals surface area contributed by atoms with Crippen molar-refractivity contribution in [2.45, 2.75) is 6.42 Å². The zero-order chi connectivity index (χ0) is 15.9. The predicted molar refractivity (Wildman–Crippen MR) is 91.4 cm³/mol. The lowest BCUT2D eigenvalue weighted by Gasteiger charge is -2.13. The smallest absolute Gasteiger partial charge is 0.224 e. The molecular formula is C19H22N2O2. The van der Waals surface area contributed by atoms with Gasteiger partial charge in [0.2, 0.25) is 5.91 Å². The molecule has 1 heterocycles. The van der Waals surface area contributed by atoms with E-state index in [2.05, 4.69) is 22.8 Å². The molecule has 1 saturated heterocycles. The van der Waals surface area contributed by atoms with Gasteiger partial charge in [0.25, 0.3) is 0 Å². The van der Waals surface area contributed by atoms with Crippen LogP contribution in [0.4, 0.5) is 0 Å². The second kappa shape index (κ2) is 7.79. The van der Waals surface area contributed by atoms with Crippen molar-refractivity contribution in [3.63, 3.8) is 0 Å². The minimum Gasteiger partial charge on any atom is -0.491 e. The Hall–Kier alpha value is -2.33. The van der Waals surface area contributed by atoms with Gasteiger partial charge in [-0.25, -0.2) is 0 Å². The number of carbonyl (C=O) groups excluding carboxylic acids is 1. The molecule has 120 valence electrons. The maximum atomic E-state index is 11.9. The molecule has 23 heavy (non-hydrogen) atoms. The molecule has 2 N–H and O–H groups in total. The first-order valence-electron chi connectivity index (χ1n) is 8.10. The Kier molecular flexibility index (Phi) is 5.27. The van der Waals surface area contributed by atoms with E-state index < -0.39 is 0 Å². The van der Waals surface area contributed by atoms with Gasteiger partial charge in [-0.1, -0.05) is 48.5 Å². The maximum absolute atomic E-state index is 11.9. The average molecular weight is 310 g/mol. The molecule has 0 spiro atoms. The average Bonchev–Trinajstić information content (AvgIpc) is 3.14. The van der Waals surface area contributed by atoms with Gasteiger partial charge in [0.15, 0.2) is 0 Å². The molecule has 4 heteroatoms. The van der Waals surface area contributed by atoms with Crippen molar-refractivity contribution >= 4 is 5.91 Å². The number of rotatable bonds is 6. The van der Waals surface area contributed by atoms with Crippen LogP contribution in [-0.2, 0) is 4.79 Å². The van der Waals surface area contributed by atoms with Crippen molar-refractivity contribution in [2.75, 3.05) is 26.2 Å². The van der Waals surface area contributed by atoms with Crippen molar-refractivity contribution in [1.82, 2.24) is 10.6 Å². The lowest BCUT2D eigenvalue weighted by atomic mass is 10.1. The predicted octanol–water partition coefficient (Wildman–Crippen LogP) is 2.46. The van der Waals surface area contributed by atoms with E-state index in [9.17, 15) is 4.79 Å². The maximum Gasteiger partial charge on any atom is 0.224 e. The normalized spacial score (nSPS) is 17.0. The minimum absolute atomic E-state index is 0.103. The zero-order valence-corrected chi connectivity index (χ0v) is 13.1. The highest BCUT2D eigenvalue weighted by Crippen LogP contribution is 2.29. The quantitative estimate of drug-likeness (QED) is 0.806. The molecular weight excluding hydrogens is 288 g/mol. The van der Waals surface area contributed by atoms with E-state index in [-0.39, 0.29) is 11.8 Å². The van der Waals surface area contributed by atoms with Crippen molar-refractivity contribution < 1.29 is 9.53 Å². The molecule has 4 nitrogen and oxygen atoms in total. The molecule has 1 amide bonds. The summed E-state index contributed by atoms with van der Waals surface area (Å²) in [6.45, 7) is 2.71. The molecule has 3 rings (SSSR count). The first-order valence-corrected chi connectivity index (χ1v) is 8.10. The van der Waals surface area contributed by atoms with Crippen LogP contribution in [0.5, 0.6) is 5.75 Å². The first kappa shape index (κ1) is 15.6. The Bertz CT molecular complexity index is 637. The summed E-state index contributed by atoms with van der Waals surface area (Å²) >= 11 is 0. The Balaban J connectivity index is 1.53. The molecule has 0 radical (unpaired) electrons. The van der Waals surface area contributed by atoms with Crippen molar-refractivity contribution in [1.29, 1.82) is 0 Å². The van der Waals surface area contributed by atoms with Gasteiger partial charge in [0, 0.05) is 12.1 Å². The third-order valence-corrected chi connectivity index (χ3v) is 4.06. The summed E-state index contributed by atoms with van der Waals surface area (Å²) < 4.78 is 5.87. The van der Waals surface area contributed by atoms with Crippen molar-refractivity contribution in [3.05, 3.63) is 54.6 Å². The topological polar surface area (TPSA) is 50.4 Å². The lowest BCUT2D eigenvalue weighted by Crippen LogP contribution is -2.34. The van der Waals surface area contributed by atoms with Crippen LogP contribution in [0.2, 0.25) is 0 Å². The van der Waals surface area contributed by atoms with Gasteiger partial charge in [0.05, 0.1) is 12.5 Å². The van der Waals surface area contributed by atoms with E-state index >= 15 is 0 Å².